The third-order valence-corrected chi connectivity index (χ3v) is 4.11. The monoisotopic (exact) mass is 229 g/mol. The van der Waals surface area contributed by atoms with Crippen LogP contribution in [0.1, 0.15) is 16.0 Å². The number of rotatable bonds is 1. The van der Waals surface area contributed by atoms with Gasteiger partial charge in [-0.15, -0.1) is 11.3 Å². The lowest BCUT2D eigenvalue weighted by atomic mass is 10.1. The Labute approximate surface area is 97.9 Å². The summed E-state index contributed by atoms with van der Waals surface area (Å²) in [6.45, 7) is 1.87. The van der Waals surface area contributed by atoms with Crippen LogP contribution >= 0.6 is 11.3 Å². The molecule has 0 spiro atoms. The summed E-state index contributed by atoms with van der Waals surface area (Å²) in [4.78, 5) is 1.31. The van der Waals surface area contributed by atoms with Crippen LogP contribution in [0.25, 0.3) is 5.00 Å². The van der Waals surface area contributed by atoms with E-state index in [1.807, 2.05) is 29.1 Å². The van der Waals surface area contributed by atoms with Crippen molar-refractivity contribution in [3.63, 3.8) is 0 Å². The smallest absolute Gasteiger partial charge is 0.118 e. The maximum absolute atomic E-state index is 9.29. The first-order valence-corrected chi connectivity index (χ1v) is 6.10. The minimum absolute atomic E-state index is 0.859. The fourth-order valence-corrected chi connectivity index (χ4v) is 3.32. The van der Waals surface area contributed by atoms with Gasteiger partial charge in [0, 0.05) is 23.8 Å². The Balaban J connectivity index is 2.19. The molecule has 3 rings (SSSR count). The Kier molecular flexibility index (Phi) is 2.28. The number of nitrogens with zero attached hydrogens (tertiary/aromatic N) is 2. The molecule has 0 amide bonds. The van der Waals surface area contributed by atoms with Gasteiger partial charge in [-0.25, -0.2) is 0 Å². The lowest BCUT2D eigenvalue weighted by Crippen LogP contribution is -2.22. The Hall–Kier alpha value is -1.57. The molecule has 0 bridgehead atoms. The highest BCUT2D eigenvalue weighted by Gasteiger charge is 2.20. The van der Waals surface area contributed by atoms with E-state index < -0.39 is 0 Å². The standard InChI is InChI=1S/C12H11N3S/c13-7-10-9-3-4-14-8-11(9)16-12(10)15-5-1-2-6-15/h1-2,5-6,14H,3-4,8H2. The van der Waals surface area contributed by atoms with Gasteiger partial charge in [-0.2, -0.15) is 5.26 Å². The second-order valence-electron chi connectivity index (χ2n) is 3.81. The maximum Gasteiger partial charge on any atom is 0.118 e. The van der Waals surface area contributed by atoms with Crippen LogP contribution in [0, 0.1) is 11.3 Å². The van der Waals surface area contributed by atoms with Gasteiger partial charge in [-0.3, -0.25) is 0 Å². The topological polar surface area (TPSA) is 40.8 Å². The third-order valence-electron chi connectivity index (χ3n) is 2.86. The van der Waals surface area contributed by atoms with E-state index in [1.165, 1.54) is 10.4 Å². The predicted octanol–water partition coefficient (Wildman–Crippen LogP) is 2.06. The molecule has 1 aliphatic heterocycles. The number of nitriles is 1. The summed E-state index contributed by atoms with van der Waals surface area (Å²) in [5.41, 5.74) is 2.10. The maximum atomic E-state index is 9.29. The number of aromatic nitrogens is 1. The number of hydrogen-bond donors (Lipinski definition) is 1. The first kappa shape index (κ1) is 9.64. The highest BCUT2D eigenvalue weighted by Crippen LogP contribution is 2.33. The van der Waals surface area contributed by atoms with Gasteiger partial charge in [-0.05, 0) is 30.7 Å². The van der Waals surface area contributed by atoms with E-state index in [0.717, 1.165) is 30.1 Å². The second kappa shape index (κ2) is 3.78. The van der Waals surface area contributed by atoms with E-state index in [9.17, 15) is 5.26 Å². The zero-order valence-corrected chi connectivity index (χ0v) is 9.55. The Morgan fingerprint density at radius 3 is 2.94 bits per heavy atom. The summed E-state index contributed by atoms with van der Waals surface area (Å²) >= 11 is 1.72. The van der Waals surface area contributed by atoms with Gasteiger partial charge in [0.1, 0.15) is 11.1 Å². The summed E-state index contributed by atoms with van der Waals surface area (Å²) in [6, 6.07) is 6.32. The van der Waals surface area contributed by atoms with E-state index in [4.69, 9.17) is 0 Å². The first-order chi connectivity index (χ1) is 7.90. The Morgan fingerprint density at radius 2 is 2.19 bits per heavy atom. The van der Waals surface area contributed by atoms with Gasteiger partial charge in [0.15, 0.2) is 0 Å². The molecule has 3 heterocycles. The van der Waals surface area contributed by atoms with Crippen molar-refractivity contribution in [2.24, 2.45) is 0 Å². The van der Waals surface area contributed by atoms with Crippen molar-refractivity contribution in [2.75, 3.05) is 6.54 Å². The van der Waals surface area contributed by atoms with Crippen LogP contribution in [0.4, 0.5) is 0 Å². The van der Waals surface area contributed by atoms with Crippen molar-refractivity contribution in [2.45, 2.75) is 13.0 Å². The lowest BCUT2D eigenvalue weighted by Gasteiger charge is -2.11. The SMILES string of the molecule is N#Cc1c(-n2cccc2)sc2c1CCNC2. The minimum atomic E-state index is 0.859. The van der Waals surface area contributed by atoms with Crippen LogP contribution in [-0.2, 0) is 13.0 Å². The van der Waals surface area contributed by atoms with Crippen molar-refractivity contribution >= 4 is 11.3 Å². The number of hydrogen-bond acceptors (Lipinski definition) is 3. The van der Waals surface area contributed by atoms with E-state index in [1.54, 1.807) is 11.3 Å². The molecule has 0 saturated heterocycles. The van der Waals surface area contributed by atoms with E-state index in [-0.39, 0.29) is 0 Å². The van der Waals surface area contributed by atoms with Gasteiger partial charge in [0.2, 0.25) is 0 Å². The first-order valence-electron chi connectivity index (χ1n) is 5.29. The summed E-state index contributed by atoms with van der Waals surface area (Å²) in [5.74, 6) is 0. The Bertz CT molecular complexity index is 546. The Morgan fingerprint density at radius 1 is 1.38 bits per heavy atom. The van der Waals surface area contributed by atoms with Crippen molar-refractivity contribution in [3.8, 4) is 11.1 Å². The average Bonchev–Trinajstić information content (AvgIpc) is 2.95. The minimum Gasteiger partial charge on any atom is -0.314 e. The summed E-state index contributed by atoms with van der Waals surface area (Å²) < 4.78 is 2.03. The van der Waals surface area contributed by atoms with Gasteiger partial charge < -0.3 is 9.88 Å². The second-order valence-corrected chi connectivity index (χ2v) is 4.90. The molecule has 16 heavy (non-hydrogen) atoms. The van der Waals surface area contributed by atoms with Crippen molar-refractivity contribution < 1.29 is 0 Å². The molecule has 0 aromatic carbocycles. The molecule has 4 heteroatoms. The van der Waals surface area contributed by atoms with Gasteiger partial charge in [0.25, 0.3) is 0 Å². The van der Waals surface area contributed by atoms with Crippen LogP contribution < -0.4 is 5.32 Å². The molecular formula is C12H11N3S. The van der Waals surface area contributed by atoms with E-state index in [0.29, 0.717) is 0 Å². The fourth-order valence-electron chi connectivity index (χ4n) is 2.09. The molecule has 80 valence electrons. The fraction of sp³-hybridized carbons (Fsp3) is 0.250. The van der Waals surface area contributed by atoms with Gasteiger partial charge in [-0.1, -0.05) is 0 Å². The van der Waals surface area contributed by atoms with Crippen LogP contribution in [-0.4, -0.2) is 11.1 Å². The highest BCUT2D eigenvalue weighted by atomic mass is 32.1. The molecule has 0 aliphatic carbocycles. The molecule has 3 nitrogen and oxygen atoms in total. The third kappa shape index (κ3) is 1.37. The zero-order valence-electron chi connectivity index (χ0n) is 8.73. The molecular weight excluding hydrogens is 218 g/mol. The van der Waals surface area contributed by atoms with Crippen LogP contribution in [0.5, 0.6) is 0 Å². The van der Waals surface area contributed by atoms with Gasteiger partial charge >= 0.3 is 0 Å². The molecule has 2 aromatic rings. The normalized spacial score (nSPS) is 14.4. The number of nitrogens with one attached hydrogen (secondary N) is 1. The molecule has 1 N–H and O–H groups in total. The summed E-state index contributed by atoms with van der Waals surface area (Å²) in [5, 5.41) is 13.7. The van der Waals surface area contributed by atoms with Crippen molar-refractivity contribution in [1.82, 2.24) is 9.88 Å². The summed E-state index contributed by atoms with van der Waals surface area (Å²) in [6.07, 6.45) is 4.95. The molecule has 0 atom stereocenters. The predicted molar refractivity (Wildman–Crippen MR) is 63.8 cm³/mol. The number of fused-ring (bicyclic) bond motifs is 1. The molecule has 0 fully saturated rings. The quantitative estimate of drug-likeness (QED) is 0.813. The molecule has 1 aliphatic rings. The van der Waals surface area contributed by atoms with Crippen LogP contribution in [0.3, 0.4) is 0 Å². The molecule has 0 unspecified atom stereocenters. The van der Waals surface area contributed by atoms with Crippen molar-refractivity contribution in [3.05, 3.63) is 40.5 Å². The van der Waals surface area contributed by atoms with Crippen LogP contribution in [0.2, 0.25) is 0 Å². The largest absolute Gasteiger partial charge is 0.314 e. The lowest BCUT2D eigenvalue weighted by molar-refractivity contribution is 0.653. The molecule has 0 saturated carbocycles. The van der Waals surface area contributed by atoms with Crippen molar-refractivity contribution in [1.29, 1.82) is 5.26 Å². The number of thiophene rings is 1. The zero-order chi connectivity index (χ0) is 11.0. The van der Waals surface area contributed by atoms with Gasteiger partial charge in [0.05, 0.1) is 5.56 Å². The molecule has 0 radical (unpaired) electrons. The highest BCUT2D eigenvalue weighted by molar-refractivity contribution is 7.15. The van der Waals surface area contributed by atoms with E-state index in [2.05, 4.69) is 11.4 Å². The van der Waals surface area contributed by atoms with Crippen LogP contribution in [0.15, 0.2) is 24.5 Å². The van der Waals surface area contributed by atoms with E-state index >= 15 is 0 Å². The average molecular weight is 229 g/mol. The summed E-state index contributed by atoms with van der Waals surface area (Å²) in [7, 11) is 0. The molecule has 2 aromatic heterocycles.